The van der Waals surface area contributed by atoms with Gasteiger partial charge in [-0.2, -0.15) is 17.0 Å². The van der Waals surface area contributed by atoms with Gasteiger partial charge in [-0.05, 0) is 19.9 Å². The summed E-state index contributed by atoms with van der Waals surface area (Å²) in [6.45, 7) is 6.50. The summed E-state index contributed by atoms with van der Waals surface area (Å²) in [5.41, 5.74) is 5.37. The number of ether oxygens (including phenoxy) is 1. The molecule has 0 aromatic heterocycles. The van der Waals surface area contributed by atoms with E-state index in [1.807, 2.05) is 13.8 Å². The van der Waals surface area contributed by atoms with Gasteiger partial charge >= 0.3 is 0 Å². The lowest BCUT2D eigenvalue weighted by molar-refractivity contribution is 0.134. The van der Waals surface area contributed by atoms with E-state index in [0.29, 0.717) is 45.8 Å². The summed E-state index contributed by atoms with van der Waals surface area (Å²) in [5.74, 6) is 0. The van der Waals surface area contributed by atoms with Gasteiger partial charge in [0.2, 0.25) is 0 Å². The van der Waals surface area contributed by atoms with E-state index in [1.54, 1.807) is 7.05 Å². The van der Waals surface area contributed by atoms with Crippen LogP contribution >= 0.6 is 0 Å². The highest BCUT2D eigenvalue weighted by molar-refractivity contribution is 7.86. The third kappa shape index (κ3) is 5.78. The predicted octanol–water partition coefficient (Wildman–Crippen LogP) is -0.130. The fourth-order valence-electron chi connectivity index (χ4n) is 1.37. The molecular weight excluding hydrogens is 242 g/mol. The molecule has 0 bridgehead atoms. The molecule has 104 valence electrons. The van der Waals surface area contributed by atoms with Crippen LogP contribution in [0.2, 0.25) is 0 Å². The van der Waals surface area contributed by atoms with Crippen molar-refractivity contribution in [1.82, 2.24) is 8.61 Å². The smallest absolute Gasteiger partial charge is 0.281 e. The summed E-state index contributed by atoms with van der Waals surface area (Å²) in [6, 6.07) is 0. The molecule has 0 aromatic rings. The second-order valence-corrected chi connectivity index (χ2v) is 5.70. The van der Waals surface area contributed by atoms with Crippen LogP contribution in [0.15, 0.2) is 0 Å². The summed E-state index contributed by atoms with van der Waals surface area (Å²) in [6.07, 6.45) is 0.665. The first-order valence-electron chi connectivity index (χ1n) is 5.99. The maximum absolute atomic E-state index is 12.1. The minimum atomic E-state index is -3.37. The van der Waals surface area contributed by atoms with E-state index in [0.717, 1.165) is 0 Å². The number of nitrogens with two attached hydrogens (primary N) is 1. The van der Waals surface area contributed by atoms with Crippen LogP contribution in [0.1, 0.15) is 20.3 Å². The Balaban J connectivity index is 4.40. The highest BCUT2D eigenvalue weighted by Gasteiger charge is 2.24. The Morgan fingerprint density at radius 2 is 1.88 bits per heavy atom. The molecular formula is C10H25N3O3S. The Morgan fingerprint density at radius 1 is 1.24 bits per heavy atom. The van der Waals surface area contributed by atoms with Gasteiger partial charge in [0.15, 0.2) is 0 Å². The summed E-state index contributed by atoms with van der Waals surface area (Å²) >= 11 is 0. The van der Waals surface area contributed by atoms with E-state index in [-0.39, 0.29) is 0 Å². The minimum Gasteiger partial charge on any atom is -0.380 e. The van der Waals surface area contributed by atoms with Gasteiger partial charge in [0, 0.05) is 33.3 Å². The van der Waals surface area contributed by atoms with Gasteiger partial charge in [-0.15, -0.1) is 0 Å². The van der Waals surface area contributed by atoms with Gasteiger partial charge in [-0.25, -0.2) is 0 Å². The highest BCUT2D eigenvalue weighted by Crippen LogP contribution is 2.06. The summed E-state index contributed by atoms with van der Waals surface area (Å²) < 4.78 is 32.2. The number of likely N-dealkylation sites (N-methyl/N-ethyl adjacent to an activating group) is 1. The molecule has 0 atom stereocenters. The second-order valence-electron chi connectivity index (χ2n) is 3.66. The van der Waals surface area contributed by atoms with E-state index in [9.17, 15) is 8.42 Å². The van der Waals surface area contributed by atoms with E-state index in [2.05, 4.69) is 0 Å². The highest BCUT2D eigenvalue weighted by atomic mass is 32.2. The van der Waals surface area contributed by atoms with Gasteiger partial charge in [-0.3, -0.25) is 0 Å². The van der Waals surface area contributed by atoms with Crippen LogP contribution in [0.25, 0.3) is 0 Å². The maximum Gasteiger partial charge on any atom is 0.281 e. The van der Waals surface area contributed by atoms with Crippen molar-refractivity contribution in [2.24, 2.45) is 5.73 Å². The predicted molar refractivity (Wildman–Crippen MR) is 69.0 cm³/mol. The molecule has 0 saturated carbocycles. The third-order valence-electron chi connectivity index (χ3n) is 2.44. The Labute approximate surface area is 105 Å². The van der Waals surface area contributed by atoms with Gasteiger partial charge in [0.1, 0.15) is 0 Å². The van der Waals surface area contributed by atoms with Crippen molar-refractivity contribution in [1.29, 1.82) is 0 Å². The van der Waals surface area contributed by atoms with E-state index >= 15 is 0 Å². The van der Waals surface area contributed by atoms with E-state index in [4.69, 9.17) is 10.5 Å². The molecule has 0 radical (unpaired) electrons. The minimum absolute atomic E-state index is 0.389. The first-order chi connectivity index (χ1) is 8.00. The lowest BCUT2D eigenvalue weighted by Gasteiger charge is -2.26. The van der Waals surface area contributed by atoms with Gasteiger partial charge in [-0.1, -0.05) is 6.92 Å². The molecule has 0 unspecified atom stereocenters. The molecule has 0 aromatic carbocycles. The van der Waals surface area contributed by atoms with Crippen LogP contribution in [-0.4, -0.2) is 63.5 Å². The summed E-state index contributed by atoms with van der Waals surface area (Å²) in [4.78, 5) is 0. The fraction of sp³-hybridized carbons (Fsp3) is 1.00. The lowest BCUT2D eigenvalue weighted by atomic mass is 10.4. The van der Waals surface area contributed by atoms with Gasteiger partial charge < -0.3 is 10.5 Å². The van der Waals surface area contributed by atoms with Crippen molar-refractivity contribution in [3.63, 3.8) is 0 Å². The Bertz CT molecular complexity index is 283. The molecule has 2 N–H and O–H groups in total. The maximum atomic E-state index is 12.1. The van der Waals surface area contributed by atoms with Crippen LogP contribution < -0.4 is 5.73 Å². The van der Waals surface area contributed by atoms with Crippen molar-refractivity contribution in [2.75, 3.05) is 46.4 Å². The third-order valence-corrected chi connectivity index (χ3v) is 4.50. The summed E-state index contributed by atoms with van der Waals surface area (Å²) in [7, 11) is -1.80. The second kappa shape index (κ2) is 8.82. The zero-order chi connectivity index (χ0) is 13.3. The normalized spacial score (nSPS) is 12.6. The van der Waals surface area contributed by atoms with Crippen molar-refractivity contribution < 1.29 is 13.2 Å². The average molecular weight is 267 g/mol. The van der Waals surface area contributed by atoms with Crippen LogP contribution in [-0.2, 0) is 14.9 Å². The quantitative estimate of drug-likeness (QED) is 0.559. The lowest BCUT2D eigenvalue weighted by Crippen LogP contribution is -2.43. The number of hydrogen-bond donors (Lipinski definition) is 1. The molecule has 0 rings (SSSR count). The first kappa shape index (κ1) is 16.8. The van der Waals surface area contributed by atoms with Crippen molar-refractivity contribution in [3.8, 4) is 0 Å². The molecule has 0 heterocycles. The van der Waals surface area contributed by atoms with Crippen molar-refractivity contribution >= 4 is 10.2 Å². The fourth-order valence-corrected chi connectivity index (χ4v) is 2.76. The number of rotatable bonds is 10. The molecule has 0 spiro atoms. The molecule has 7 heteroatoms. The van der Waals surface area contributed by atoms with Crippen LogP contribution in [0.5, 0.6) is 0 Å². The first-order valence-corrected chi connectivity index (χ1v) is 7.39. The largest absolute Gasteiger partial charge is 0.380 e. The van der Waals surface area contributed by atoms with Crippen molar-refractivity contribution in [3.05, 3.63) is 0 Å². The Morgan fingerprint density at radius 3 is 2.35 bits per heavy atom. The standard InChI is InChI=1S/C10H25N3O3S/c1-4-13(9-10-16-5-2)17(14,15)12(3)8-6-7-11/h4-11H2,1-3H3. The topological polar surface area (TPSA) is 75.9 Å². The Hall–Kier alpha value is -0.210. The van der Waals surface area contributed by atoms with Crippen molar-refractivity contribution in [2.45, 2.75) is 20.3 Å². The van der Waals surface area contributed by atoms with Crippen LogP contribution in [0.4, 0.5) is 0 Å². The van der Waals surface area contributed by atoms with Gasteiger partial charge in [0.25, 0.3) is 10.2 Å². The van der Waals surface area contributed by atoms with Crippen LogP contribution in [0.3, 0.4) is 0 Å². The number of hydrogen-bond acceptors (Lipinski definition) is 4. The molecule has 0 saturated heterocycles. The molecule has 0 aliphatic rings. The van der Waals surface area contributed by atoms with Gasteiger partial charge in [0.05, 0.1) is 6.61 Å². The molecule has 6 nitrogen and oxygen atoms in total. The Kier molecular flexibility index (Phi) is 8.71. The SMILES string of the molecule is CCOCCN(CC)S(=O)(=O)N(C)CCCN. The zero-order valence-corrected chi connectivity index (χ0v) is 11.9. The molecule has 0 aliphatic heterocycles. The number of nitrogens with zero attached hydrogens (tertiary/aromatic N) is 2. The molecule has 0 aliphatic carbocycles. The molecule has 17 heavy (non-hydrogen) atoms. The van der Waals surface area contributed by atoms with E-state index < -0.39 is 10.2 Å². The van der Waals surface area contributed by atoms with E-state index in [1.165, 1.54) is 8.61 Å². The zero-order valence-electron chi connectivity index (χ0n) is 11.1. The summed E-state index contributed by atoms with van der Waals surface area (Å²) in [5, 5.41) is 0. The molecule has 0 fully saturated rings. The molecule has 0 amide bonds. The average Bonchev–Trinajstić information content (AvgIpc) is 2.31. The van der Waals surface area contributed by atoms with Crippen LogP contribution in [0, 0.1) is 0 Å². The monoisotopic (exact) mass is 267 g/mol.